The lowest BCUT2D eigenvalue weighted by molar-refractivity contribution is -0.134. The van der Waals surface area contributed by atoms with Gasteiger partial charge in [-0.1, -0.05) is 42.5 Å². The Labute approximate surface area is 137 Å². The van der Waals surface area contributed by atoms with Crippen LogP contribution in [0.4, 0.5) is 0 Å². The van der Waals surface area contributed by atoms with E-state index in [4.69, 9.17) is 4.74 Å². The highest BCUT2D eigenvalue weighted by atomic mass is 79.9. The summed E-state index contributed by atoms with van der Waals surface area (Å²) in [4.78, 5) is 23.4. The van der Waals surface area contributed by atoms with Crippen LogP contribution < -0.4 is 10.1 Å². The molecule has 0 spiro atoms. The van der Waals surface area contributed by atoms with Crippen LogP contribution in [0.1, 0.15) is 12.0 Å². The van der Waals surface area contributed by atoms with Crippen molar-refractivity contribution in [2.24, 2.45) is 0 Å². The predicted molar refractivity (Wildman–Crippen MR) is 87.5 cm³/mol. The molecule has 0 unspecified atom stereocenters. The van der Waals surface area contributed by atoms with Crippen LogP contribution in [0.15, 0.2) is 59.1 Å². The highest BCUT2D eigenvalue weighted by Gasteiger charge is 2.08. The highest BCUT2D eigenvalue weighted by molar-refractivity contribution is 9.10. The lowest BCUT2D eigenvalue weighted by atomic mass is 10.1. The van der Waals surface area contributed by atoms with E-state index >= 15 is 0 Å². The number of nitrogens with one attached hydrogen (secondary N) is 1. The van der Waals surface area contributed by atoms with Gasteiger partial charge in [0.2, 0.25) is 5.91 Å². The molecule has 0 bridgehead atoms. The van der Waals surface area contributed by atoms with Crippen molar-refractivity contribution in [1.29, 1.82) is 0 Å². The zero-order chi connectivity index (χ0) is 15.8. The van der Waals surface area contributed by atoms with Gasteiger partial charge in [0.25, 0.3) is 0 Å². The van der Waals surface area contributed by atoms with E-state index in [1.165, 1.54) is 0 Å². The lowest BCUT2D eigenvalue weighted by Crippen LogP contribution is -2.28. The second kappa shape index (κ2) is 8.34. The molecule has 5 heteroatoms. The van der Waals surface area contributed by atoms with Crippen molar-refractivity contribution >= 4 is 27.8 Å². The first kappa shape index (κ1) is 16.2. The molecule has 1 amide bonds. The van der Waals surface area contributed by atoms with E-state index in [0.29, 0.717) is 12.2 Å². The number of carbonyl (C=O) groups excluding carboxylic acids is 2. The fourth-order valence-electron chi connectivity index (χ4n) is 1.85. The Morgan fingerprint density at radius 3 is 2.41 bits per heavy atom. The van der Waals surface area contributed by atoms with E-state index in [2.05, 4.69) is 21.2 Å². The first-order chi connectivity index (χ1) is 10.6. The third-order valence-corrected chi connectivity index (χ3v) is 3.57. The molecule has 0 aliphatic heterocycles. The Kier molecular flexibility index (Phi) is 6.15. The van der Waals surface area contributed by atoms with Crippen LogP contribution in [-0.2, 0) is 16.0 Å². The molecule has 4 nitrogen and oxygen atoms in total. The molecule has 2 aromatic carbocycles. The Bertz CT molecular complexity index is 643. The maximum atomic E-state index is 11.7. The molecule has 0 saturated carbocycles. The standard InChI is InChI=1S/C17H16BrNO3/c18-14-8-4-5-9-15(14)22-17(21)10-11-19-16(20)12-13-6-2-1-3-7-13/h1-9H,10-12H2,(H,19,20). The molecule has 0 aromatic heterocycles. The summed E-state index contributed by atoms with van der Waals surface area (Å²) in [6.45, 7) is 0.259. The van der Waals surface area contributed by atoms with Gasteiger partial charge in [-0.3, -0.25) is 9.59 Å². The molecule has 22 heavy (non-hydrogen) atoms. The molecule has 1 N–H and O–H groups in total. The minimum absolute atomic E-state index is 0.111. The van der Waals surface area contributed by atoms with E-state index in [1.807, 2.05) is 36.4 Å². The number of rotatable bonds is 6. The number of benzene rings is 2. The zero-order valence-corrected chi connectivity index (χ0v) is 13.5. The van der Waals surface area contributed by atoms with E-state index in [9.17, 15) is 9.59 Å². The zero-order valence-electron chi connectivity index (χ0n) is 11.9. The Hall–Kier alpha value is -2.14. The van der Waals surface area contributed by atoms with Gasteiger partial charge < -0.3 is 10.1 Å². The molecule has 0 aliphatic carbocycles. The predicted octanol–water partition coefficient (Wildman–Crippen LogP) is 3.10. The number of halogens is 1. The van der Waals surface area contributed by atoms with Gasteiger partial charge in [0.1, 0.15) is 5.75 Å². The van der Waals surface area contributed by atoms with E-state index in [-0.39, 0.29) is 24.8 Å². The summed E-state index contributed by atoms with van der Waals surface area (Å²) >= 11 is 3.31. The van der Waals surface area contributed by atoms with Crippen LogP contribution in [-0.4, -0.2) is 18.4 Å². The second-order valence-corrected chi connectivity index (χ2v) is 5.52. The van der Waals surface area contributed by atoms with Crippen molar-refractivity contribution < 1.29 is 14.3 Å². The molecule has 0 saturated heterocycles. The van der Waals surface area contributed by atoms with Crippen LogP contribution in [0.25, 0.3) is 0 Å². The molecule has 114 valence electrons. The first-order valence-corrected chi connectivity index (χ1v) is 7.70. The van der Waals surface area contributed by atoms with Crippen LogP contribution in [0, 0.1) is 0 Å². The number of esters is 1. The summed E-state index contributed by atoms with van der Waals surface area (Å²) in [5.74, 6) is -0.0186. The molecular weight excluding hydrogens is 346 g/mol. The van der Waals surface area contributed by atoms with E-state index in [0.717, 1.165) is 10.0 Å². The topological polar surface area (TPSA) is 55.4 Å². The van der Waals surface area contributed by atoms with Crippen molar-refractivity contribution in [3.8, 4) is 5.75 Å². The molecule has 0 heterocycles. The van der Waals surface area contributed by atoms with Crippen LogP contribution in [0.3, 0.4) is 0 Å². The van der Waals surface area contributed by atoms with Crippen LogP contribution >= 0.6 is 15.9 Å². The smallest absolute Gasteiger partial charge is 0.313 e. The number of amides is 1. The molecule has 0 atom stereocenters. The summed E-state index contributed by atoms with van der Waals surface area (Å²) in [6.07, 6.45) is 0.433. The number of carbonyl (C=O) groups is 2. The summed E-state index contributed by atoms with van der Waals surface area (Å²) in [5.41, 5.74) is 0.941. The Morgan fingerprint density at radius 2 is 1.68 bits per heavy atom. The largest absolute Gasteiger partial charge is 0.425 e. The van der Waals surface area contributed by atoms with Crippen molar-refractivity contribution in [2.45, 2.75) is 12.8 Å². The van der Waals surface area contributed by atoms with Crippen molar-refractivity contribution in [2.75, 3.05) is 6.54 Å². The Balaban J connectivity index is 1.71. The average Bonchev–Trinajstić information content (AvgIpc) is 2.50. The maximum absolute atomic E-state index is 11.7. The van der Waals surface area contributed by atoms with Gasteiger partial charge in [0.15, 0.2) is 0 Å². The van der Waals surface area contributed by atoms with Crippen LogP contribution in [0.5, 0.6) is 5.75 Å². The molecule has 2 rings (SSSR count). The maximum Gasteiger partial charge on any atom is 0.313 e. The minimum atomic E-state index is -0.382. The van der Waals surface area contributed by atoms with Gasteiger partial charge in [0, 0.05) is 6.54 Å². The molecular formula is C17H16BrNO3. The fourth-order valence-corrected chi connectivity index (χ4v) is 2.21. The summed E-state index contributed by atoms with van der Waals surface area (Å²) in [5, 5.41) is 2.71. The van der Waals surface area contributed by atoms with Gasteiger partial charge in [-0.2, -0.15) is 0 Å². The van der Waals surface area contributed by atoms with Gasteiger partial charge >= 0.3 is 5.97 Å². The number of ether oxygens (including phenoxy) is 1. The van der Waals surface area contributed by atoms with Gasteiger partial charge in [0.05, 0.1) is 17.3 Å². The molecule has 2 aromatic rings. The highest BCUT2D eigenvalue weighted by Crippen LogP contribution is 2.23. The van der Waals surface area contributed by atoms with Gasteiger partial charge in [-0.15, -0.1) is 0 Å². The summed E-state index contributed by atoms with van der Waals surface area (Å²) in [7, 11) is 0. The molecule has 0 fully saturated rings. The monoisotopic (exact) mass is 361 g/mol. The second-order valence-electron chi connectivity index (χ2n) is 4.67. The summed E-state index contributed by atoms with van der Waals surface area (Å²) in [6, 6.07) is 16.6. The number of para-hydroxylation sites is 1. The van der Waals surface area contributed by atoms with Gasteiger partial charge in [-0.05, 0) is 33.6 Å². The average molecular weight is 362 g/mol. The van der Waals surface area contributed by atoms with Gasteiger partial charge in [-0.25, -0.2) is 0 Å². The third-order valence-electron chi connectivity index (χ3n) is 2.92. The quantitative estimate of drug-likeness (QED) is 0.635. The minimum Gasteiger partial charge on any atom is -0.425 e. The van der Waals surface area contributed by atoms with Crippen LogP contribution in [0.2, 0.25) is 0 Å². The lowest BCUT2D eigenvalue weighted by Gasteiger charge is -2.07. The van der Waals surface area contributed by atoms with E-state index in [1.54, 1.807) is 18.2 Å². The first-order valence-electron chi connectivity index (χ1n) is 6.91. The van der Waals surface area contributed by atoms with E-state index < -0.39 is 0 Å². The molecule has 0 aliphatic rings. The summed E-state index contributed by atoms with van der Waals surface area (Å²) < 4.78 is 5.93. The third kappa shape index (κ3) is 5.33. The Morgan fingerprint density at radius 1 is 1.00 bits per heavy atom. The number of hydrogen-bond acceptors (Lipinski definition) is 3. The van der Waals surface area contributed by atoms with Crippen molar-refractivity contribution in [3.05, 3.63) is 64.6 Å². The van der Waals surface area contributed by atoms with Crippen molar-refractivity contribution in [1.82, 2.24) is 5.32 Å². The fraction of sp³-hybridized carbons (Fsp3) is 0.176. The normalized spacial score (nSPS) is 10.0. The SMILES string of the molecule is O=C(Cc1ccccc1)NCCC(=O)Oc1ccccc1Br. The number of hydrogen-bond donors (Lipinski definition) is 1. The molecule has 0 radical (unpaired) electrons. The van der Waals surface area contributed by atoms with Crippen molar-refractivity contribution in [3.63, 3.8) is 0 Å².